The number of nitrogens with one attached hydrogen (secondary N) is 1. The Bertz CT molecular complexity index is 674. The number of rotatable bonds is 7. The number of anilines is 2. The van der Waals surface area contributed by atoms with Crippen LogP contribution in [0.2, 0.25) is 0 Å². The number of hydrogen-bond acceptors (Lipinski definition) is 7. The first-order valence-electron chi connectivity index (χ1n) is 7.17. The summed E-state index contributed by atoms with van der Waals surface area (Å²) in [5, 5.41) is 14.2. The van der Waals surface area contributed by atoms with Gasteiger partial charge in [-0.05, 0) is 45.0 Å². The third-order valence-corrected chi connectivity index (χ3v) is 2.75. The lowest BCUT2D eigenvalue weighted by molar-refractivity contribution is -0.385. The van der Waals surface area contributed by atoms with Crippen molar-refractivity contribution < 1.29 is 14.4 Å². The summed E-state index contributed by atoms with van der Waals surface area (Å²) in [6.45, 7) is 6.00. The minimum absolute atomic E-state index is 0.0616. The van der Waals surface area contributed by atoms with E-state index in [0.717, 1.165) is 5.75 Å². The molecule has 0 bridgehead atoms. The molecule has 2 rings (SSSR count). The van der Waals surface area contributed by atoms with E-state index in [1.54, 1.807) is 38.1 Å². The van der Waals surface area contributed by atoms with Crippen LogP contribution in [0.1, 0.15) is 20.8 Å². The molecule has 0 amide bonds. The molecule has 0 aliphatic rings. The largest absolute Gasteiger partial charge is 0.494 e. The van der Waals surface area contributed by atoms with Crippen LogP contribution >= 0.6 is 0 Å². The fraction of sp³-hybridized carbons (Fsp3) is 0.333. The first-order chi connectivity index (χ1) is 11.0. The van der Waals surface area contributed by atoms with E-state index in [2.05, 4.69) is 15.3 Å². The lowest BCUT2D eigenvalue weighted by Crippen LogP contribution is -2.10. The molecule has 2 aromatic rings. The van der Waals surface area contributed by atoms with E-state index in [-0.39, 0.29) is 23.5 Å². The molecule has 8 nitrogen and oxygen atoms in total. The van der Waals surface area contributed by atoms with Gasteiger partial charge in [0.1, 0.15) is 12.1 Å². The zero-order valence-corrected chi connectivity index (χ0v) is 13.1. The summed E-state index contributed by atoms with van der Waals surface area (Å²) in [6, 6.07) is 7.04. The molecule has 0 aliphatic heterocycles. The molecule has 23 heavy (non-hydrogen) atoms. The quantitative estimate of drug-likeness (QED) is 0.617. The lowest BCUT2D eigenvalue weighted by atomic mass is 10.3. The van der Waals surface area contributed by atoms with Crippen molar-refractivity contribution in [3.05, 3.63) is 40.7 Å². The Labute approximate surface area is 133 Å². The van der Waals surface area contributed by atoms with Crippen molar-refractivity contribution in [1.82, 2.24) is 9.97 Å². The normalized spacial score (nSPS) is 10.4. The van der Waals surface area contributed by atoms with Crippen LogP contribution in [0.25, 0.3) is 0 Å². The molecular weight excluding hydrogens is 300 g/mol. The standard InChI is InChI=1S/C15H18N4O4/c1-4-22-12-7-5-11(6-8-12)18-14-13(19(20)21)15(17-9-16-14)23-10(2)3/h5-10H,4H2,1-3H3,(H,16,17,18). The second kappa shape index (κ2) is 7.39. The highest BCUT2D eigenvalue weighted by Crippen LogP contribution is 2.33. The molecule has 1 heterocycles. The number of ether oxygens (including phenoxy) is 2. The second-order valence-corrected chi connectivity index (χ2v) is 4.88. The number of aromatic nitrogens is 2. The van der Waals surface area contributed by atoms with Crippen molar-refractivity contribution >= 4 is 17.2 Å². The van der Waals surface area contributed by atoms with Gasteiger partial charge >= 0.3 is 5.69 Å². The van der Waals surface area contributed by atoms with Crippen LogP contribution < -0.4 is 14.8 Å². The minimum Gasteiger partial charge on any atom is -0.494 e. The third kappa shape index (κ3) is 4.29. The molecule has 0 fully saturated rings. The van der Waals surface area contributed by atoms with Gasteiger partial charge in [0, 0.05) is 5.69 Å². The van der Waals surface area contributed by atoms with E-state index < -0.39 is 4.92 Å². The van der Waals surface area contributed by atoms with Gasteiger partial charge in [-0.1, -0.05) is 0 Å². The second-order valence-electron chi connectivity index (χ2n) is 4.88. The predicted octanol–water partition coefficient (Wildman–Crippen LogP) is 3.31. The molecule has 0 atom stereocenters. The van der Waals surface area contributed by atoms with E-state index in [4.69, 9.17) is 9.47 Å². The third-order valence-electron chi connectivity index (χ3n) is 2.75. The molecule has 1 N–H and O–H groups in total. The van der Waals surface area contributed by atoms with Crippen molar-refractivity contribution in [3.8, 4) is 11.6 Å². The summed E-state index contributed by atoms with van der Waals surface area (Å²) in [4.78, 5) is 18.6. The first-order valence-corrected chi connectivity index (χ1v) is 7.17. The van der Waals surface area contributed by atoms with Crippen LogP contribution in [0.3, 0.4) is 0 Å². The molecule has 0 spiro atoms. The Morgan fingerprint density at radius 2 is 1.96 bits per heavy atom. The summed E-state index contributed by atoms with van der Waals surface area (Å²) in [5.74, 6) is 0.734. The Hall–Kier alpha value is -2.90. The van der Waals surface area contributed by atoms with Crippen molar-refractivity contribution in [2.24, 2.45) is 0 Å². The minimum atomic E-state index is -0.561. The van der Waals surface area contributed by atoms with Gasteiger partial charge in [0.15, 0.2) is 0 Å². The van der Waals surface area contributed by atoms with Gasteiger partial charge in [0.25, 0.3) is 5.88 Å². The molecule has 0 saturated heterocycles. The van der Waals surface area contributed by atoms with E-state index in [0.29, 0.717) is 12.3 Å². The van der Waals surface area contributed by atoms with Gasteiger partial charge in [-0.15, -0.1) is 0 Å². The number of hydrogen-bond donors (Lipinski definition) is 1. The van der Waals surface area contributed by atoms with Crippen molar-refractivity contribution in [2.75, 3.05) is 11.9 Å². The Morgan fingerprint density at radius 3 is 2.52 bits per heavy atom. The fourth-order valence-corrected chi connectivity index (χ4v) is 1.87. The fourth-order valence-electron chi connectivity index (χ4n) is 1.87. The summed E-state index contributed by atoms with van der Waals surface area (Å²) in [6.07, 6.45) is 0.989. The van der Waals surface area contributed by atoms with Crippen LogP contribution in [-0.2, 0) is 0 Å². The Kier molecular flexibility index (Phi) is 5.29. The zero-order valence-electron chi connectivity index (χ0n) is 13.1. The maximum atomic E-state index is 11.3. The van der Waals surface area contributed by atoms with Crippen LogP contribution in [0.5, 0.6) is 11.6 Å². The molecule has 122 valence electrons. The maximum absolute atomic E-state index is 11.3. The summed E-state index contributed by atoms with van der Waals surface area (Å²) in [5.41, 5.74) is 0.348. The van der Waals surface area contributed by atoms with E-state index in [1.807, 2.05) is 6.92 Å². The van der Waals surface area contributed by atoms with Crippen LogP contribution in [-0.4, -0.2) is 27.6 Å². The molecule has 1 aromatic heterocycles. The monoisotopic (exact) mass is 318 g/mol. The van der Waals surface area contributed by atoms with E-state index in [9.17, 15) is 10.1 Å². The maximum Gasteiger partial charge on any atom is 0.373 e. The highest BCUT2D eigenvalue weighted by Gasteiger charge is 2.25. The van der Waals surface area contributed by atoms with Crippen LogP contribution in [0.15, 0.2) is 30.6 Å². The summed E-state index contributed by atoms with van der Waals surface area (Å²) >= 11 is 0. The van der Waals surface area contributed by atoms with Crippen molar-refractivity contribution in [3.63, 3.8) is 0 Å². The highest BCUT2D eigenvalue weighted by atomic mass is 16.6. The molecule has 1 aromatic carbocycles. The number of nitrogens with zero attached hydrogens (tertiary/aromatic N) is 3. The van der Waals surface area contributed by atoms with Crippen molar-refractivity contribution in [2.45, 2.75) is 26.9 Å². The number of benzene rings is 1. The van der Waals surface area contributed by atoms with E-state index in [1.165, 1.54) is 6.33 Å². The van der Waals surface area contributed by atoms with Gasteiger partial charge in [-0.2, -0.15) is 4.98 Å². The van der Waals surface area contributed by atoms with E-state index >= 15 is 0 Å². The Morgan fingerprint density at radius 1 is 1.26 bits per heavy atom. The van der Waals surface area contributed by atoms with Gasteiger partial charge in [0.2, 0.25) is 5.82 Å². The summed E-state index contributed by atoms with van der Waals surface area (Å²) < 4.78 is 10.7. The topological polar surface area (TPSA) is 99.4 Å². The van der Waals surface area contributed by atoms with Crippen LogP contribution in [0, 0.1) is 10.1 Å². The molecule has 0 aliphatic carbocycles. The molecule has 0 radical (unpaired) electrons. The first kappa shape index (κ1) is 16.5. The average Bonchev–Trinajstić information content (AvgIpc) is 2.49. The summed E-state index contributed by atoms with van der Waals surface area (Å²) in [7, 11) is 0. The van der Waals surface area contributed by atoms with Gasteiger partial charge in [-0.3, -0.25) is 10.1 Å². The highest BCUT2D eigenvalue weighted by molar-refractivity contribution is 5.68. The van der Waals surface area contributed by atoms with Gasteiger partial charge in [-0.25, -0.2) is 4.98 Å². The molecule has 0 unspecified atom stereocenters. The molecular formula is C15H18N4O4. The molecule has 8 heteroatoms. The molecule has 0 saturated carbocycles. The van der Waals surface area contributed by atoms with Gasteiger partial charge < -0.3 is 14.8 Å². The Balaban J connectivity index is 2.29. The number of nitro groups is 1. The average molecular weight is 318 g/mol. The predicted molar refractivity (Wildman–Crippen MR) is 85.3 cm³/mol. The van der Waals surface area contributed by atoms with Crippen molar-refractivity contribution in [1.29, 1.82) is 0 Å². The van der Waals surface area contributed by atoms with Crippen LogP contribution in [0.4, 0.5) is 17.2 Å². The smallest absolute Gasteiger partial charge is 0.373 e. The lowest BCUT2D eigenvalue weighted by Gasteiger charge is -2.11. The SMILES string of the molecule is CCOc1ccc(Nc2ncnc(OC(C)C)c2[N+](=O)[O-])cc1. The van der Waals surface area contributed by atoms with Gasteiger partial charge in [0.05, 0.1) is 17.6 Å². The zero-order chi connectivity index (χ0) is 16.8.